The maximum absolute atomic E-state index is 5.96. The molecule has 0 aromatic carbocycles. The van der Waals surface area contributed by atoms with E-state index in [-0.39, 0.29) is 6.04 Å². The van der Waals surface area contributed by atoms with Crippen LogP contribution < -0.4 is 5.73 Å². The molecule has 0 aliphatic carbocycles. The van der Waals surface area contributed by atoms with Crippen molar-refractivity contribution in [3.05, 3.63) is 27.5 Å². The largest absolute Gasteiger partial charge is 0.324 e. The van der Waals surface area contributed by atoms with Gasteiger partial charge < -0.3 is 5.73 Å². The zero-order valence-electron chi connectivity index (χ0n) is 7.43. The zero-order valence-corrected chi connectivity index (χ0v) is 9.77. The highest BCUT2D eigenvalue weighted by Gasteiger charge is 2.09. The highest BCUT2D eigenvalue weighted by Crippen LogP contribution is 2.25. The van der Waals surface area contributed by atoms with Crippen LogP contribution in [0.3, 0.4) is 0 Å². The van der Waals surface area contributed by atoms with Crippen molar-refractivity contribution >= 4 is 27.5 Å². The Balaban J connectivity index is 2.91. The molecule has 0 saturated carbocycles. The van der Waals surface area contributed by atoms with Crippen LogP contribution in [0.1, 0.15) is 31.4 Å². The molecule has 2 N–H and O–H groups in total. The molecule has 1 aromatic heterocycles. The van der Waals surface area contributed by atoms with Crippen molar-refractivity contribution in [3.8, 4) is 0 Å². The summed E-state index contributed by atoms with van der Waals surface area (Å²) in [5.74, 6) is 0. The summed E-state index contributed by atoms with van der Waals surface area (Å²) in [5, 5.41) is 0.491. The summed E-state index contributed by atoms with van der Waals surface area (Å²) in [5.41, 5.74) is 6.99. The molecule has 0 fully saturated rings. The summed E-state index contributed by atoms with van der Waals surface area (Å²) in [7, 11) is 0. The summed E-state index contributed by atoms with van der Waals surface area (Å²) in [6, 6.07) is 1.85. The molecule has 0 bridgehead atoms. The maximum atomic E-state index is 5.96. The van der Waals surface area contributed by atoms with Crippen LogP contribution in [0, 0.1) is 0 Å². The molecule has 0 aliphatic rings. The molecule has 72 valence electrons. The minimum absolute atomic E-state index is 0.0416. The summed E-state index contributed by atoms with van der Waals surface area (Å²) in [6.45, 7) is 2.11. The van der Waals surface area contributed by atoms with Crippen molar-refractivity contribution in [1.29, 1.82) is 0 Å². The smallest absolute Gasteiger partial charge is 0.129 e. The first-order chi connectivity index (χ1) is 6.15. The van der Waals surface area contributed by atoms with Gasteiger partial charge in [0.2, 0.25) is 0 Å². The summed E-state index contributed by atoms with van der Waals surface area (Å²) >= 11 is 9.17. The van der Waals surface area contributed by atoms with Gasteiger partial charge in [0.25, 0.3) is 0 Å². The number of rotatable bonds is 3. The second-order valence-corrected chi connectivity index (χ2v) is 4.17. The Hall–Kier alpha value is -0.120. The highest BCUT2D eigenvalue weighted by molar-refractivity contribution is 9.10. The predicted octanol–water partition coefficient (Wildman–Crippen LogP) is 3.30. The van der Waals surface area contributed by atoms with Crippen LogP contribution in [0.2, 0.25) is 5.15 Å². The molecule has 4 heteroatoms. The zero-order chi connectivity index (χ0) is 9.84. The van der Waals surface area contributed by atoms with Gasteiger partial charge in [-0.05, 0) is 34.0 Å². The molecule has 0 spiro atoms. The summed E-state index contributed by atoms with van der Waals surface area (Å²) in [4.78, 5) is 3.94. The van der Waals surface area contributed by atoms with Gasteiger partial charge in [0.15, 0.2) is 0 Å². The SMILES string of the molecule is CCCC(N)c1cc(Cl)ncc1Br. The Morgan fingerprint density at radius 3 is 3.00 bits per heavy atom. The van der Waals surface area contributed by atoms with Gasteiger partial charge in [-0.3, -0.25) is 0 Å². The van der Waals surface area contributed by atoms with Gasteiger partial charge in [-0.1, -0.05) is 24.9 Å². The monoisotopic (exact) mass is 262 g/mol. The van der Waals surface area contributed by atoms with Gasteiger partial charge in [0.05, 0.1) is 0 Å². The Kier molecular flexibility index (Phi) is 4.16. The second kappa shape index (κ2) is 4.94. The Morgan fingerprint density at radius 1 is 1.69 bits per heavy atom. The lowest BCUT2D eigenvalue weighted by Gasteiger charge is -2.12. The van der Waals surface area contributed by atoms with E-state index >= 15 is 0 Å². The van der Waals surface area contributed by atoms with Gasteiger partial charge in [0.1, 0.15) is 5.15 Å². The van der Waals surface area contributed by atoms with E-state index in [9.17, 15) is 0 Å². The molecule has 0 radical (unpaired) electrons. The lowest BCUT2D eigenvalue weighted by atomic mass is 10.1. The average molecular weight is 264 g/mol. The normalized spacial score (nSPS) is 12.9. The lowest BCUT2D eigenvalue weighted by Crippen LogP contribution is -2.10. The molecule has 1 heterocycles. The van der Waals surface area contributed by atoms with Crippen LogP contribution in [0.15, 0.2) is 16.7 Å². The van der Waals surface area contributed by atoms with Crippen molar-refractivity contribution in [2.75, 3.05) is 0 Å². The van der Waals surface area contributed by atoms with Crippen LogP contribution >= 0.6 is 27.5 Å². The van der Waals surface area contributed by atoms with E-state index in [0.717, 1.165) is 22.9 Å². The summed E-state index contributed by atoms with van der Waals surface area (Å²) in [6.07, 6.45) is 3.71. The third kappa shape index (κ3) is 2.93. The van der Waals surface area contributed by atoms with Crippen molar-refractivity contribution in [2.24, 2.45) is 5.73 Å². The highest BCUT2D eigenvalue weighted by atomic mass is 79.9. The molecule has 13 heavy (non-hydrogen) atoms. The third-order valence-corrected chi connectivity index (χ3v) is 2.72. The quantitative estimate of drug-likeness (QED) is 0.850. The first-order valence-electron chi connectivity index (χ1n) is 4.21. The van der Waals surface area contributed by atoms with Crippen LogP contribution in [0.4, 0.5) is 0 Å². The van der Waals surface area contributed by atoms with E-state index in [2.05, 4.69) is 27.8 Å². The van der Waals surface area contributed by atoms with Crippen LogP contribution in [0.5, 0.6) is 0 Å². The van der Waals surface area contributed by atoms with E-state index in [0.29, 0.717) is 5.15 Å². The van der Waals surface area contributed by atoms with Gasteiger partial charge in [0, 0.05) is 16.7 Å². The number of hydrogen-bond donors (Lipinski definition) is 1. The number of aromatic nitrogens is 1. The minimum atomic E-state index is 0.0416. The lowest BCUT2D eigenvalue weighted by molar-refractivity contribution is 0.635. The van der Waals surface area contributed by atoms with Crippen LogP contribution in [-0.4, -0.2) is 4.98 Å². The molecular formula is C9H12BrClN2. The van der Waals surface area contributed by atoms with Crippen molar-refractivity contribution in [1.82, 2.24) is 4.98 Å². The van der Waals surface area contributed by atoms with E-state index in [4.69, 9.17) is 17.3 Å². The van der Waals surface area contributed by atoms with Crippen molar-refractivity contribution in [2.45, 2.75) is 25.8 Å². The molecular weight excluding hydrogens is 251 g/mol. The number of pyridine rings is 1. The molecule has 1 rings (SSSR count). The standard InChI is InChI=1S/C9H12BrClN2/c1-2-3-8(12)6-4-9(11)13-5-7(6)10/h4-5,8H,2-3,12H2,1H3. The topological polar surface area (TPSA) is 38.9 Å². The van der Waals surface area contributed by atoms with E-state index in [1.807, 2.05) is 6.07 Å². The fourth-order valence-corrected chi connectivity index (χ4v) is 1.86. The fraction of sp³-hybridized carbons (Fsp3) is 0.444. The van der Waals surface area contributed by atoms with Gasteiger partial charge >= 0.3 is 0 Å². The molecule has 0 aliphatic heterocycles. The van der Waals surface area contributed by atoms with Crippen LogP contribution in [-0.2, 0) is 0 Å². The maximum Gasteiger partial charge on any atom is 0.129 e. The van der Waals surface area contributed by atoms with Gasteiger partial charge in [-0.15, -0.1) is 0 Å². The molecule has 1 unspecified atom stereocenters. The van der Waals surface area contributed by atoms with E-state index in [1.54, 1.807) is 6.20 Å². The predicted molar refractivity (Wildman–Crippen MR) is 58.8 cm³/mol. The van der Waals surface area contributed by atoms with Crippen LogP contribution in [0.25, 0.3) is 0 Å². The van der Waals surface area contributed by atoms with Gasteiger partial charge in [-0.2, -0.15) is 0 Å². The third-order valence-electron chi connectivity index (χ3n) is 1.85. The molecule has 1 aromatic rings. The Labute approximate surface area is 91.6 Å². The first-order valence-corrected chi connectivity index (χ1v) is 5.38. The summed E-state index contributed by atoms with van der Waals surface area (Å²) < 4.78 is 0.929. The molecule has 1 atom stereocenters. The number of nitrogens with two attached hydrogens (primary N) is 1. The average Bonchev–Trinajstić information content (AvgIpc) is 2.09. The Bertz CT molecular complexity index is 291. The Morgan fingerprint density at radius 2 is 2.38 bits per heavy atom. The molecule has 0 saturated heterocycles. The van der Waals surface area contributed by atoms with E-state index in [1.165, 1.54) is 0 Å². The van der Waals surface area contributed by atoms with E-state index < -0.39 is 0 Å². The molecule has 2 nitrogen and oxygen atoms in total. The number of nitrogens with zero attached hydrogens (tertiary/aromatic N) is 1. The first kappa shape index (κ1) is 11.0. The fourth-order valence-electron chi connectivity index (χ4n) is 1.18. The second-order valence-electron chi connectivity index (χ2n) is 2.92. The molecule has 0 amide bonds. The number of halogens is 2. The van der Waals surface area contributed by atoms with Crippen molar-refractivity contribution in [3.63, 3.8) is 0 Å². The minimum Gasteiger partial charge on any atom is -0.324 e. The number of hydrogen-bond acceptors (Lipinski definition) is 2. The van der Waals surface area contributed by atoms with Gasteiger partial charge in [-0.25, -0.2) is 4.98 Å². The van der Waals surface area contributed by atoms with Crippen molar-refractivity contribution < 1.29 is 0 Å².